The lowest BCUT2D eigenvalue weighted by molar-refractivity contribution is -0.120. The highest BCUT2D eigenvalue weighted by molar-refractivity contribution is 8.00. The summed E-state index contributed by atoms with van der Waals surface area (Å²) in [5.74, 6) is -0.0556. The first-order valence-electron chi connectivity index (χ1n) is 7.37. The predicted molar refractivity (Wildman–Crippen MR) is 97.1 cm³/mol. The summed E-state index contributed by atoms with van der Waals surface area (Å²) in [4.78, 5) is 24.1. The van der Waals surface area contributed by atoms with E-state index in [1.807, 2.05) is 36.6 Å². The number of rotatable bonds is 7. The zero-order chi connectivity index (χ0) is 16.7. The van der Waals surface area contributed by atoms with Crippen molar-refractivity contribution in [3.8, 4) is 0 Å². The minimum absolute atomic E-state index is 0.0381. The van der Waals surface area contributed by atoms with Gasteiger partial charge in [-0.15, -0.1) is 11.8 Å². The molecule has 0 aliphatic rings. The quantitative estimate of drug-likeness (QED) is 0.753. The smallest absolute Gasteiger partial charge is 0.233 e. The zero-order valence-corrected chi connectivity index (χ0v) is 14.8. The Balaban J connectivity index is 1.77. The Morgan fingerprint density at radius 2 is 1.96 bits per heavy atom. The molecule has 0 bridgehead atoms. The van der Waals surface area contributed by atoms with Crippen LogP contribution in [0.25, 0.3) is 0 Å². The molecule has 0 saturated carbocycles. The number of thioether (sulfide) groups is 1. The molecule has 0 spiro atoms. The molecule has 2 rings (SSSR count). The number of hydrogen-bond acceptors (Lipinski definition) is 4. The molecule has 0 fully saturated rings. The fraction of sp³-hybridized carbons (Fsp3) is 0.294. The number of carbonyl (C=O) groups excluding carboxylic acids is 2. The van der Waals surface area contributed by atoms with Crippen molar-refractivity contribution in [1.82, 2.24) is 5.32 Å². The van der Waals surface area contributed by atoms with E-state index in [1.165, 1.54) is 24.2 Å². The summed E-state index contributed by atoms with van der Waals surface area (Å²) in [5.41, 5.74) is 2.01. The molecule has 4 nitrogen and oxygen atoms in total. The summed E-state index contributed by atoms with van der Waals surface area (Å²) < 4.78 is 0. The molecule has 23 heavy (non-hydrogen) atoms. The molecular weight excluding hydrogens is 328 g/mol. The monoisotopic (exact) mass is 348 g/mol. The van der Waals surface area contributed by atoms with E-state index in [0.717, 1.165) is 17.0 Å². The molecule has 6 heteroatoms. The molecular formula is C17H20N2O2S2. The Morgan fingerprint density at radius 3 is 2.57 bits per heavy atom. The highest BCUT2D eigenvalue weighted by Crippen LogP contribution is 2.24. The number of anilines is 1. The van der Waals surface area contributed by atoms with E-state index in [1.54, 1.807) is 11.3 Å². The van der Waals surface area contributed by atoms with Gasteiger partial charge in [0.1, 0.15) is 0 Å². The van der Waals surface area contributed by atoms with Crippen LogP contribution in [0.1, 0.15) is 19.4 Å². The van der Waals surface area contributed by atoms with Gasteiger partial charge < -0.3 is 10.6 Å². The predicted octanol–water partition coefficient (Wildman–Crippen LogP) is 3.55. The number of thiophene rings is 1. The Hall–Kier alpha value is -1.79. The summed E-state index contributed by atoms with van der Waals surface area (Å²) in [5, 5.41) is 9.67. The molecule has 0 saturated heterocycles. The van der Waals surface area contributed by atoms with E-state index in [2.05, 4.69) is 22.1 Å². The van der Waals surface area contributed by atoms with Gasteiger partial charge in [0.25, 0.3) is 0 Å². The van der Waals surface area contributed by atoms with Crippen LogP contribution in [0.2, 0.25) is 0 Å². The SMILES string of the molecule is CC(=O)Nc1ccc(S[C@H](C)C(=O)NCCc2ccsc2)cc1. The fourth-order valence-corrected chi connectivity index (χ4v) is 3.58. The maximum atomic E-state index is 12.1. The van der Waals surface area contributed by atoms with Gasteiger partial charge in [0, 0.05) is 24.1 Å². The van der Waals surface area contributed by atoms with Crippen LogP contribution < -0.4 is 10.6 Å². The van der Waals surface area contributed by atoms with Crippen molar-refractivity contribution < 1.29 is 9.59 Å². The van der Waals surface area contributed by atoms with Crippen molar-refractivity contribution in [3.63, 3.8) is 0 Å². The first-order chi connectivity index (χ1) is 11.0. The standard InChI is InChI=1S/C17H20N2O2S2/c1-12(17(21)18-9-7-14-8-10-22-11-14)23-16-5-3-15(4-6-16)19-13(2)20/h3-6,8,10-12H,7,9H2,1-2H3,(H,18,21)(H,19,20)/t12-/m1/s1. The Labute approximate surface area is 144 Å². The van der Waals surface area contributed by atoms with E-state index in [9.17, 15) is 9.59 Å². The van der Waals surface area contributed by atoms with Crippen LogP contribution in [0.3, 0.4) is 0 Å². The van der Waals surface area contributed by atoms with Crippen LogP contribution in [-0.2, 0) is 16.0 Å². The molecule has 122 valence electrons. The van der Waals surface area contributed by atoms with Gasteiger partial charge >= 0.3 is 0 Å². The Bertz CT molecular complexity index is 639. The van der Waals surface area contributed by atoms with E-state index >= 15 is 0 Å². The lowest BCUT2D eigenvalue weighted by atomic mass is 10.2. The minimum atomic E-state index is -0.163. The Kier molecular flexibility index (Phi) is 6.67. The van der Waals surface area contributed by atoms with Crippen molar-refractivity contribution in [2.45, 2.75) is 30.4 Å². The normalized spacial score (nSPS) is 11.7. The van der Waals surface area contributed by atoms with Crippen molar-refractivity contribution >= 4 is 40.6 Å². The third kappa shape index (κ3) is 6.08. The molecule has 1 atom stereocenters. The van der Waals surface area contributed by atoms with Gasteiger partial charge in [0.05, 0.1) is 5.25 Å². The van der Waals surface area contributed by atoms with Gasteiger partial charge in [-0.25, -0.2) is 0 Å². The van der Waals surface area contributed by atoms with E-state index in [4.69, 9.17) is 0 Å². The summed E-state index contributed by atoms with van der Waals surface area (Å²) in [7, 11) is 0. The second-order valence-corrected chi connectivity index (χ2v) is 7.33. The van der Waals surface area contributed by atoms with Gasteiger partial charge in [-0.1, -0.05) is 0 Å². The van der Waals surface area contributed by atoms with Gasteiger partial charge in [-0.05, 0) is 60.0 Å². The average Bonchev–Trinajstić information content (AvgIpc) is 3.02. The molecule has 2 aromatic rings. The van der Waals surface area contributed by atoms with Gasteiger partial charge in [0.15, 0.2) is 0 Å². The third-order valence-corrected chi connectivity index (χ3v) is 4.99. The Morgan fingerprint density at radius 1 is 1.22 bits per heavy atom. The number of carbonyl (C=O) groups is 2. The molecule has 1 heterocycles. The molecule has 1 aromatic carbocycles. The molecule has 0 aliphatic carbocycles. The maximum absolute atomic E-state index is 12.1. The summed E-state index contributed by atoms with van der Waals surface area (Å²) in [6.07, 6.45) is 0.859. The molecule has 2 N–H and O–H groups in total. The first-order valence-corrected chi connectivity index (χ1v) is 9.20. The fourth-order valence-electron chi connectivity index (χ4n) is 1.99. The van der Waals surface area contributed by atoms with Gasteiger partial charge in [0.2, 0.25) is 11.8 Å². The van der Waals surface area contributed by atoms with Crippen molar-refractivity contribution in [1.29, 1.82) is 0 Å². The second-order valence-electron chi connectivity index (χ2n) is 5.14. The van der Waals surface area contributed by atoms with Crippen LogP contribution in [0.5, 0.6) is 0 Å². The molecule has 0 aliphatic heterocycles. The first kappa shape index (κ1) is 17.6. The second kappa shape index (κ2) is 8.74. The van der Waals surface area contributed by atoms with Crippen molar-refractivity contribution in [2.24, 2.45) is 0 Å². The highest BCUT2D eigenvalue weighted by atomic mass is 32.2. The largest absolute Gasteiger partial charge is 0.355 e. The number of hydrogen-bond donors (Lipinski definition) is 2. The van der Waals surface area contributed by atoms with Crippen LogP contribution in [0.4, 0.5) is 5.69 Å². The van der Waals surface area contributed by atoms with E-state index < -0.39 is 0 Å². The summed E-state index contributed by atoms with van der Waals surface area (Å²) >= 11 is 3.17. The molecule has 1 aromatic heterocycles. The van der Waals surface area contributed by atoms with Crippen LogP contribution in [0.15, 0.2) is 46.0 Å². The van der Waals surface area contributed by atoms with Crippen molar-refractivity contribution in [3.05, 3.63) is 46.7 Å². The summed E-state index contributed by atoms with van der Waals surface area (Å²) in [6.45, 7) is 4.03. The van der Waals surface area contributed by atoms with Crippen LogP contribution in [0, 0.1) is 0 Å². The van der Waals surface area contributed by atoms with E-state index in [-0.39, 0.29) is 17.1 Å². The van der Waals surface area contributed by atoms with Crippen LogP contribution >= 0.6 is 23.1 Å². The summed E-state index contributed by atoms with van der Waals surface area (Å²) in [6, 6.07) is 9.57. The van der Waals surface area contributed by atoms with Crippen molar-refractivity contribution in [2.75, 3.05) is 11.9 Å². The lowest BCUT2D eigenvalue weighted by Gasteiger charge is -2.12. The van der Waals surface area contributed by atoms with Crippen LogP contribution in [-0.4, -0.2) is 23.6 Å². The topological polar surface area (TPSA) is 58.2 Å². The number of amides is 2. The van der Waals surface area contributed by atoms with Gasteiger partial charge in [-0.2, -0.15) is 11.3 Å². The number of benzene rings is 1. The highest BCUT2D eigenvalue weighted by Gasteiger charge is 2.13. The molecule has 0 unspecified atom stereocenters. The van der Waals surface area contributed by atoms with E-state index in [0.29, 0.717) is 6.54 Å². The van der Waals surface area contributed by atoms with Gasteiger partial charge in [-0.3, -0.25) is 9.59 Å². The maximum Gasteiger partial charge on any atom is 0.233 e. The zero-order valence-electron chi connectivity index (χ0n) is 13.2. The average molecular weight is 348 g/mol. The molecule has 0 radical (unpaired) electrons. The number of nitrogens with one attached hydrogen (secondary N) is 2. The third-order valence-electron chi connectivity index (χ3n) is 3.15. The minimum Gasteiger partial charge on any atom is -0.355 e. The molecule has 2 amide bonds. The lowest BCUT2D eigenvalue weighted by Crippen LogP contribution is -2.32.